The van der Waals surface area contributed by atoms with E-state index in [0.717, 1.165) is 15.7 Å². The molecule has 0 saturated carbocycles. The standard InChI is InChI=1S/C15H14BrCl2NO2/c1-20-12-5-3-4-9(15(12)21-2)8-19-11-7-6-10(16)13(17)14(11)18/h3-7,19H,8H2,1-2H3. The Morgan fingerprint density at radius 3 is 2.48 bits per heavy atom. The van der Waals surface area contributed by atoms with Crippen LogP contribution >= 0.6 is 39.1 Å². The van der Waals surface area contributed by atoms with Gasteiger partial charge in [0.15, 0.2) is 11.5 Å². The molecule has 0 aliphatic heterocycles. The van der Waals surface area contributed by atoms with Crippen molar-refractivity contribution in [3.63, 3.8) is 0 Å². The molecule has 2 aromatic carbocycles. The Balaban J connectivity index is 2.23. The molecule has 0 aliphatic rings. The molecule has 0 unspecified atom stereocenters. The summed E-state index contributed by atoms with van der Waals surface area (Å²) in [6, 6.07) is 9.44. The first-order chi connectivity index (χ1) is 10.1. The van der Waals surface area contributed by atoms with Crippen molar-refractivity contribution < 1.29 is 9.47 Å². The van der Waals surface area contributed by atoms with E-state index in [2.05, 4.69) is 21.2 Å². The summed E-state index contributed by atoms with van der Waals surface area (Å²) in [7, 11) is 3.23. The molecule has 0 amide bonds. The largest absolute Gasteiger partial charge is 0.493 e. The number of rotatable bonds is 5. The van der Waals surface area contributed by atoms with Gasteiger partial charge >= 0.3 is 0 Å². The third kappa shape index (κ3) is 3.57. The van der Waals surface area contributed by atoms with E-state index >= 15 is 0 Å². The topological polar surface area (TPSA) is 30.5 Å². The lowest BCUT2D eigenvalue weighted by atomic mass is 10.1. The summed E-state index contributed by atoms with van der Waals surface area (Å²) in [5, 5.41) is 4.22. The van der Waals surface area contributed by atoms with Gasteiger partial charge in [-0.1, -0.05) is 35.3 Å². The van der Waals surface area contributed by atoms with Crippen molar-refractivity contribution in [3.8, 4) is 11.5 Å². The molecule has 6 heteroatoms. The zero-order chi connectivity index (χ0) is 15.4. The van der Waals surface area contributed by atoms with Crippen molar-refractivity contribution in [2.45, 2.75) is 6.54 Å². The maximum absolute atomic E-state index is 6.22. The number of hydrogen-bond acceptors (Lipinski definition) is 3. The number of benzene rings is 2. The van der Waals surface area contributed by atoms with Crippen LogP contribution < -0.4 is 14.8 Å². The van der Waals surface area contributed by atoms with Gasteiger partial charge in [-0.25, -0.2) is 0 Å². The van der Waals surface area contributed by atoms with Gasteiger partial charge in [-0.15, -0.1) is 0 Å². The maximum atomic E-state index is 6.22. The molecule has 0 saturated heterocycles. The Bertz CT molecular complexity index is 650. The minimum absolute atomic E-state index is 0.480. The van der Waals surface area contributed by atoms with Gasteiger partial charge in [-0.3, -0.25) is 0 Å². The number of nitrogens with one attached hydrogen (secondary N) is 1. The van der Waals surface area contributed by atoms with Crippen LogP contribution in [-0.4, -0.2) is 14.2 Å². The fraction of sp³-hybridized carbons (Fsp3) is 0.200. The second-order valence-electron chi connectivity index (χ2n) is 4.23. The Morgan fingerprint density at radius 2 is 1.81 bits per heavy atom. The molecule has 3 nitrogen and oxygen atoms in total. The molecule has 2 rings (SSSR count). The van der Waals surface area contributed by atoms with Gasteiger partial charge in [0.2, 0.25) is 0 Å². The van der Waals surface area contributed by atoms with Crippen LogP contribution in [0, 0.1) is 0 Å². The summed E-state index contributed by atoms with van der Waals surface area (Å²) in [4.78, 5) is 0. The molecule has 0 bridgehead atoms. The Labute approximate surface area is 142 Å². The van der Waals surface area contributed by atoms with Crippen LogP contribution in [-0.2, 0) is 6.54 Å². The monoisotopic (exact) mass is 389 g/mol. The summed E-state index contributed by atoms with van der Waals surface area (Å²) >= 11 is 15.7. The highest BCUT2D eigenvalue weighted by atomic mass is 79.9. The highest BCUT2D eigenvalue weighted by molar-refractivity contribution is 9.10. The first-order valence-corrected chi connectivity index (χ1v) is 7.70. The summed E-state index contributed by atoms with van der Waals surface area (Å²) in [6.07, 6.45) is 0. The van der Waals surface area contributed by atoms with Crippen LogP contribution in [0.1, 0.15) is 5.56 Å². The Morgan fingerprint density at radius 1 is 1.05 bits per heavy atom. The van der Waals surface area contributed by atoms with E-state index in [0.29, 0.717) is 28.1 Å². The molecule has 0 heterocycles. The van der Waals surface area contributed by atoms with Gasteiger partial charge in [0.1, 0.15) is 0 Å². The van der Waals surface area contributed by atoms with Crippen molar-refractivity contribution >= 4 is 44.8 Å². The number of hydrogen-bond donors (Lipinski definition) is 1. The average molecular weight is 391 g/mol. The third-order valence-corrected chi connectivity index (χ3v) is 4.76. The van der Waals surface area contributed by atoms with Gasteiger partial charge in [-0.05, 0) is 34.1 Å². The lowest BCUT2D eigenvalue weighted by Gasteiger charge is -2.15. The molecule has 0 fully saturated rings. The first-order valence-electron chi connectivity index (χ1n) is 6.15. The normalized spacial score (nSPS) is 10.3. The number of halogens is 3. The number of anilines is 1. The van der Waals surface area contributed by atoms with Crippen LogP contribution in [0.3, 0.4) is 0 Å². The fourth-order valence-electron chi connectivity index (χ4n) is 1.95. The van der Waals surface area contributed by atoms with E-state index in [1.165, 1.54) is 0 Å². The number of ether oxygens (including phenoxy) is 2. The summed E-state index contributed by atoms with van der Waals surface area (Å²) in [5.41, 5.74) is 1.72. The Kier molecular flexibility index (Phi) is 5.62. The lowest BCUT2D eigenvalue weighted by molar-refractivity contribution is 0.352. The van der Waals surface area contributed by atoms with E-state index in [-0.39, 0.29) is 0 Å². The quantitative estimate of drug-likeness (QED) is 0.694. The van der Waals surface area contributed by atoms with Gasteiger partial charge in [0.05, 0.1) is 30.0 Å². The van der Waals surface area contributed by atoms with E-state index in [1.807, 2.05) is 30.3 Å². The van der Waals surface area contributed by atoms with E-state index in [4.69, 9.17) is 32.7 Å². The van der Waals surface area contributed by atoms with Gasteiger partial charge in [-0.2, -0.15) is 0 Å². The molecule has 112 valence electrons. The zero-order valence-electron chi connectivity index (χ0n) is 11.5. The van der Waals surface area contributed by atoms with E-state index in [1.54, 1.807) is 14.2 Å². The maximum Gasteiger partial charge on any atom is 0.165 e. The van der Waals surface area contributed by atoms with Crippen LogP contribution in [0.15, 0.2) is 34.8 Å². The molecule has 2 aromatic rings. The molecule has 0 aliphatic carbocycles. The lowest BCUT2D eigenvalue weighted by Crippen LogP contribution is -2.03. The highest BCUT2D eigenvalue weighted by Crippen LogP contribution is 2.37. The second kappa shape index (κ2) is 7.25. The van der Waals surface area contributed by atoms with Crippen molar-refractivity contribution in [1.29, 1.82) is 0 Å². The molecule has 0 atom stereocenters. The van der Waals surface area contributed by atoms with Crippen molar-refractivity contribution in [3.05, 3.63) is 50.4 Å². The fourth-order valence-corrected chi connectivity index (χ4v) is 2.79. The van der Waals surface area contributed by atoms with E-state index < -0.39 is 0 Å². The summed E-state index contributed by atoms with van der Waals surface area (Å²) in [5.74, 6) is 1.39. The molecule has 1 N–H and O–H groups in total. The van der Waals surface area contributed by atoms with Crippen molar-refractivity contribution in [1.82, 2.24) is 0 Å². The van der Waals surface area contributed by atoms with Crippen LogP contribution in [0.2, 0.25) is 10.0 Å². The highest BCUT2D eigenvalue weighted by Gasteiger charge is 2.11. The summed E-state index contributed by atoms with van der Waals surface area (Å²) in [6.45, 7) is 0.540. The molecular weight excluding hydrogens is 377 g/mol. The summed E-state index contributed by atoms with van der Waals surface area (Å²) < 4.78 is 11.4. The van der Waals surface area contributed by atoms with Gasteiger partial charge < -0.3 is 14.8 Å². The van der Waals surface area contributed by atoms with Crippen molar-refractivity contribution in [2.24, 2.45) is 0 Å². The third-order valence-electron chi connectivity index (χ3n) is 2.99. The Hall–Kier alpha value is -1.10. The van der Waals surface area contributed by atoms with Crippen LogP contribution in [0.5, 0.6) is 11.5 Å². The minimum Gasteiger partial charge on any atom is -0.493 e. The predicted octanol–water partition coefficient (Wildman–Crippen LogP) is 5.39. The van der Waals surface area contributed by atoms with Crippen molar-refractivity contribution in [2.75, 3.05) is 19.5 Å². The smallest absolute Gasteiger partial charge is 0.165 e. The molecule has 0 radical (unpaired) electrons. The van der Waals surface area contributed by atoms with Crippen LogP contribution in [0.4, 0.5) is 5.69 Å². The van der Waals surface area contributed by atoms with Gasteiger partial charge in [0.25, 0.3) is 0 Å². The molecule has 0 spiro atoms. The average Bonchev–Trinajstić information content (AvgIpc) is 2.51. The molecule has 21 heavy (non-hydrogen) atoms. The number of para-hydroxylation sites is 1. The molecule has 0 aromatic heterocycles. The van der Waals surface area contributed by atoms with Crippen LogP contribution in [0.25, 0.3) is 0 Å². The first kappa shape index (κ1) is 16.3. The SMILES string of the molecule is COc1cccc(CNc2ccc(Br)c(Cl)c2Cl)c1OC. The second-order valence-corrected chi connectivity index (χ2v) is 5.84. The minimum atomic E-state index is 0.480. The number of methoxy groups -OCH3 is 2. The van der Waals surface area contributed by atoms with Gasteiger partial charge in [0, 0.05) is 16.6 Å². The molecular formula is C15H14BrCl2NO2. The predicted molar refractivity (Wildman–Crippen MR) is 91.0 cm³/mol. The zero-order valence-corrected chi connectivity index (χ0v) is 14.6. The van der Waals surface area contributed by atoms with E-state index in [9.17, 15) is 0 Å².